The van der Waals surface area contributed by atoms with E-state index in [1.807, 2.05) is 0 Å². The summed E-state index contributed by atoms with van der Waals surface area (Å²) in [6.07, 6.45) is -16.6. The number of hydrogen-bond acceptors (Lipinski definition) is 13. The van der Waals surface area contributed by atoms with Crippen molar-refractivity contribution in [3.63, 3.8) is 0 Å². The highest BCUT2D eigenvalue weighted by Gasteiger charge is 2.50. The van der Waals surface area contributed by atoms with Crippen LogP contribution in [0.4, 0.5) is 0 Å². The van der Waals surface area contributed by atoms with Gasteiger partial charge in [0, 0.05) is 6.92 Å². The molecule has 0 aliphatic carbocycles. The zero-order chi connectivity index (χ0) is 21.2. The molecule has 162 valence electrons. The van der Waals surface area contributed by atoms with Crippen molar-refractivity contribution in [2.45, 2.75) is 68.3 Å². The molecule has 0 amide bonds. The molecule has 2 heterocycles. The summed E-state index contributed by atoms with van der Waals surface area (Å²) in [5, 5.41) is 68.6. The summed E-state index contributed by atoms with van der Waals surface area (Å²) >= 11 is 0. The summed E-state index contributed by atoms with van der Waals surface area (Å²) < 4.78 is 20.1. The second kappa shape index (κ2) is 9.49. The van der Waals surface area contributed by atoms with E-state index in [9.17, 15) is 45.3 Å². The van der Waals surface area contributed by atoms with Gasteiger partial charge in [0.25, 0.3) is 0 Å². The molecule has 13 nitrogen and oxygen atoms in total. The molecule has 2 saturated heterocycles. The maximum absolute atomic E-state index is 11.2. The first-order chi connectivity index (χ1) is 13.1. The van der Waals surface area contributed by atoms with Gasteiger partial charge in [-0.15, -0.1) is 0 Å². The third-order valence-electron chi connectivity index (χ3n) is 4.47. The molecule has 0 radical (unpaired) electrons. The number of carbonyl (C=O) groups excluding carboxylic acids is 2. The van der Waals surface area contributed by atoms with Crippen molar-refractivity contribution in [1.29, 1.82) is 0 Å². The van der Waals surface area contributed by atoms with E-state index in [1.54, 1.807) is 0 Å². The van der Waals surface area contributed by atoms with Gasteiger partial charge in [0.1, 0.15) is 55.4 Å². The highest BCUT2D eigenvalue weighted by Crippen LogP contribution is 2.28. The van der Waals surface area contributed by atoms with Crippen LogP contribution >= 0.6 is 0 Å². The standard InChI is InChI=1S/C15H24O13/c1-4(17)13(23)25-3-6-7(18)8(19)11(22)15(27-6)28-12-5(2-16)26-14(24)10(21)9(12)20/h5-12,14-16,18-22,24H,2-3H2,1H3/t5-,6-,7+,8+,9-,10-,11-,12-,14+,15+/m1/s1. The van der Waals surface area contributed by atoms with E-state index >= 15 is 0 Å². The fraction of sp³-hybridized carbons (Fsp3) is 0.867. The smallest absolute Gasteiger partial charge is 0.374 e. The van der Waals surface area contributed by atoms with E-state index in [4.69, 9.17) is 14.2 Å². The molecule has 2 aliphatic rings. The van der Waals surface area contributed by atoms with Gasteiger partial charge in [-0.05, 0) is 0 Å². The molecule has 13 heteroatoms. The lowest BCUT2D eigenvalue weighted by Gasteiger charge is -2.45. The first-order valence-corrected chi connectivity index (χ1v) is 8.41. The number of aliphatic hydroxyl groups is 7. The minimum atomic E-state index is -1.83. The maximum atomic E-state index is 11.2. The maximum Gasteiger partial charge on any atom is 0.374 e. The lowest BCUT2D eigenvalue weighted by molar-refractivity contribution is -0.355. The van der Waals surface area contributed by atoms with Crippen LogP contribution in [0.5, 0.6) is 0 Å². The summed E-state index contributed by atoms with van der Waals surface area (Å²) in [5.41, 5.74) is 0. The second-order valence-corrected chi connectivity index (χ2v) is 6.50. The lowest BCUT2D eigenvalue weighted by atomic mass is 9.97. The quantitative estimate of drug-likeness (QED) is 0.161. The van der Waals surface area contributed by atoms with Gasteiger partial charge < -0.3 is 54.7 Å². The van der Waals surface area contributed by atoms with Gasteiger partial charge in [0.2, 0.25) is 5.78 Å². The summed E-state index contributed by atoms with van der Waals surface area (Å²) in [4.78, 5) is 22.1. The molecule has 0 bridgehead atoms. The number of Topliss-reactive ketones (excluding diaryl/α,β-unsaturated/α-hetero) is 1. The van der Waals surface area contributed by atoms with Crippen molar-refractivity contribution >= 4 is 11.8 Å². The molecule has 2 fully saturated rings. The number of carbonyl (C=O) groups is 2. The van der Waals surface area contributed by atoms with Crippen LogP contribution in [0.1, 0.15) is 6.92 Å². The average Bonchev–Trinajstić information content (AvgIpc) is 2.66. The molecular formula is C15H24O13. The van der Waals surface area contributed by atoms with Crippen LogP contribution in [0.25, 0.3) is 0 Å². The Hall–Kier alpha value is -1.26. The van der Waals surface area contributed by atoms with E-state index in [0.29, 0.717) is 0 Å². The molecule has 0 aromatic heterocycles. The third-order valence-corrected chi connectivity index (χ3v) is 4.47. The van der Waals surface area contributed by atoms with E-state index in [0.717, 1.165) is 6.92 Å². The lowest BCUT2D eigenvalue weighted by Crippen LogP contribution is -2.64. The van der Waals surface area contributed by atoms with Crippen LogP contribution in [-0.2, 0) is 28.5 Å². The minimum absolute atomic E-state index is 0.655. The molecular weight excluding hydrogens is 388 g/mol. The third kappa shape index (κ3) is 4.83. The first kappa shape index (κ1) is 23.0. The Kier molecular flexibility index (Phi) is 7.81. The van der Waals surface area contributed by atoms with Crippen LogP contribution in [0.15, 0.2) is 0 Å². The molecule has 0 saturated carbocycles. The van der Waals surface area contributed by atoms with E-state index in [-0.39, 0.29) is 0 Å². The number of aliphatic hydroxyl groups excluding tert-OH is 7. The summed E-state index contributed by atoms with van der Waals surface area (Å²) in [5.74, 6) is -2.11. The Morgan fingerprint density at radius 3 is 2.07 bits per heavy atom. The highest BCUT2D eigenvalue weighted by atomic mass is 16.7. The Morgan fingerprint density at radius 1 is 0.857 bits per heavy atom. The molecule has 7 N–H and O–H groups in total. The Balaban J connectivity index is 2.09. The fourth-order valence-corrected chi connectivity index (χ4v) is 2.82. The van der Waals surface area contributed by atoms with Gasteiger partial charge >= 0.3 is 5.97 Å². The first-order valence-electron chi connectivity index (χ1n) is 8.41. The Morgan fingerprint density at radius 2 is 1.50 bits per heavy atom. The number of hydrogen-bond donors (Lipinski definition) is 7. The monoisotopic (exact) mass is 412 g/mol. The molecule has 0 aromatic carbocycles. The zero-order valence-electron chi connectivity index (χ0n) is 14.8. The van der Waals surface area contributed by atoms with Crippen molar-refractivity contribution in [3.8, 4) is 0 Å². The van der Waals surface area contributed by atoms with Crippen molar-refractivity contribution in [2.24, 2.45) is 0 Å². The highest BCUT2D eigenvalue weighted by molar-refractivity contribution is 6.32. The van der Waals surface area contributed by atoms with Crippen LogP contribution in [0.2, 0.25) is 0 Å². The Bertz CT molecular complexity index is 554. The topological polar surface area (TPSA) is 213 Å². The van der Waals surface area contributed by atoms with Crippen molar-refractivity contribution in [2.75, 3.05) is 13.2 Å². The van der Waals surface area contributed by atoms with Crippen molar-refractivity contribution in [1.82, 2.24) is 0 Å². The summed E-state index contributed by atoms with van der Waals surface area (Å²) in [7, 11) is 0. The molecule has 2 aliphatic heterocycles. The number of ether oxygens (including phenoxy) is 4. The zero-order valence-corrected chi connectivity index (χ0v) is 14.8. The predicted molar refractivity (Wildman–Crippen MR) is 83.2 cm³/mol. The van der Waals surface area contributed by atoms with Crippen LogP contribution in [0.3, 0.4) is 0 Å². The predicted octanol–water partition coefficient (Wildman–Crippen LogP) is -5.26. The van der Waals surface area contributed by atoms with E-state index in [1.165, 1.54) is 0 Å². The van der Waals surface area contributed by atoms with Gasteiger partial charge in [-0.1, -0.05) is 0 Å². The average molecular weight is 412 g/mol. The van der Waals surface area contributed by atoms with Crippen molar-refractivity contribution < 1.29 is 64.3 Å². The van der Waals surface area contributed by atoms with E-state index < -0.39 is 86.4 Å². The summed E-state index contributed by atoms with van der Waals surface area (Å²) in [6.45, 7) is -0.429. The van der Waals surface area contributed by atoms with Crippen LogP contribution < -0.4 is 0 Å². The van der Waals surface area contributed by atoms with Gasteiger partial charge in [-0.3, -0.25) is 4.79 Å². The normalized spacial score (nSPS) is 44.1. The molecule has 10 atom stereocenters. The van der Waals surface area contributed by atoms with Gasteiger partial charge in [0.15, 0.2) is 12.6 Å². The van der Waals surface area contributed by atoms with Crippen LogP contribution in [0, 0.1) is 0 Å². The fourth-order valence-electron chi connectivity index (χ4n) is 2.82. The number of esters is 1. The van der Waals surface area contributed by atoms with Gasteiger partial charge in [-0.2, -0.15) is 0 Å². The number of rotatable bonds is 6. The number of ketones is 1. The van der Waals surface area contributed by atoms with Gasteiger partial charge in [-0.25, -0.2) is 4.79 Å². The second-order valence-electron chi connectivity index (χ2n) is 6.50. The molecule has 0 aromatic rings. The minimum Gasteiger partial charge on any atom is -0.457 e. The molecule has 28 heavy (non-hydrogen) atoms. The largest absolute Gasteiger partial charge is 0.457 e. The van der Waals surface area contributed by atoms with E-state index in [2.05, 4.69) is 4.74 Å². The van der Waals surface area contributed by atoms with Crippen molar-refractivity contribution in [3.05, 3.63) is 0 Å². The molecule has 0 unspecified atom stereocenters. The van der Waals surface area contributed by atoms with Gasteiger partial charge in [0.05, 0.1) is 6.61 Å². The molecule has 2 rings (SSSR count). The van der Waals surface area contributed by atoms with Crippen LogP contribution in [-0.4, -0.2) is 122 Å². The molecule has 0 spiro atoms. The Labute approximate surface area is 158 Å². The SMILES string of the molecule is CC(=O)C(=O)OC[C@H]1O[C@@H](O[C@H]2[C@H](O)[C@@H](O)[C@@H](O)O[C@@H]2CO)[C@H](O)[C@@H](O)[C@H]1O. The summed E-state index contributed by atoms with van der Waals surface area (Å²) in [6, 6.07) is 0.